The first-order valence-corrected chi connectivity index (χ1v) is 9.93. The minimum absolute atomic E-state index is 0.00238. The predicted molar refractivity (Wildman–Crippen MR) is 114 cm³/mol. The molecule has 0 aliphatic heterocycles. The second-order valence-electron chi connectivity index (χ2n) is 7.91. The van der Waals surface area contributed by atoms with Crippen molar-refractivity contribution in [2.75, 3.05) is 13.7 Å². The van der Waals surface area contributed by atoms with Crippen LogP contribution in [0.3, 0.4) is 0 Å². The molecular weight excluding hydrogens is 350 g/mol. The molecule has 2 aromatic carbocycles. The van der Waals surface area contributed by atoms with Crippen LogP contribution in [0.15, 0.2) is 36.4 Å². The van der Waals surface area contributed by atoms with Crippen LogP contribution in [-0.4, -0.2) is 19.6 Å². The molecule has 1 N–H and O–H groups in total. The number of carbonyl (C=O) groups excluding carboxylic acids is 1. The summed E-state index contributed by atoms with van der Waals surface area (Å²) in [5, 5.41) is 3.04. The minimum Gasteiger partial charge on any atom is -0.496 e. The summed E-state index contributed by atoms with van der Waals surface area (Å²) in [5.41, 5.74) is 4.59. The molecule has 4 heteroatoms. The van der Waals surface area contributed by atoms with E-state index in [0.717, 1.165) is 22.4 Å². The summed E-state index contributed by atoms with van der Waals surface area (Å²) in [6.07, 6.45) is 0. The van der Waals surface area contributed by atoms with Gasteiger partial charge in [0.15, 0.2) is 6.61 Å². The van der Waals surface area contributed by atoms with Crippen molar-refractivity contribution < 1.29 is 14.3 Å². The summed E-state index contributed by atoms with van der Waals surface area (Å²) in [5.74, 6) is 2.27. The molecule has 1 atom stereocenters. The van der Waals surface area contributed by atoms with E-state index < -0.39 is 0 Å². The Labute approximate surface area is 169 Å². The average Bonchev–Trinajstić information content (AvgIpc) is 2.65. The molecule has 2 aromatic rings. The van der Waals surface area contributed by atoms with Crippen molar-refractivity contribution in [3.8, 4) is 11.5 Å². The number of aryl methyl sites for hydroxylation is 1. The Kier molecular flexibility index (Phi) is 7.50. The zero-order chi connectivity index (χ0) is 20.8. The molecule has 152 valence electrons. The molecule has 1 unspecified atom stereocenters. The molecule has 0 spiro atoms. The van der Waals surface area contributed by atoms with Crippen molar-refractivity contribution in [2.24, 2.45) is 0 Å². The highest BCUT2D eigenvalue weighted by atomic mass is 16.5. The van der Waals surface area contributed by atoms with Crippen LogP contribution in [0.5, 0.6) is 11.5 Å². The molecule has 0 aliphatic carbocycles. The maximum atomic E-state index is 12.4. The number of hydrogen-bond acceptors (Lipinski definition) is 3. The number of methoxy groups -OCH3 is 1. The maximum absolute atomic E-state index is 12.4. The molecule has 0 aromatic heterocycles. The summed E-state index contributed by atoms with van der Waals surface area (Å²) in [6.45, 7) is 12.6. The van der Waals surface area contributed by atoms with Crippen molar-refractivity contribution in [3.05, 3.63) is 58.7 Å². The summed E-state index contributed by atoms with van der Waals surface area (Å²) in [7, 11) is 1.69. The van der Waals surface area contributed by atoms with E-state index in [1.165, 1.54) is 5.56 Å². The highest BCUT2D eigenvalue weighted by molar-refractivity contribution is 5.78. The standard InChI is InChI=1S/C24H33NO3/c1-15(2)19-8-10-20(11-9-19)28-14-24(26)25-18(6)22-13-21(16(3)4)23(27-7)12-17(22)5/h8-13,15-16,18H,14H2,1-7H3,(H,25,26). The van der Waals surface area contributed by atoms with E-state index in [2.05, 4.69) is 39.1 Å². The van der Waals surface area contributed by atoms with Crippen LogP contribution in [0.4, 0.5) is 0 Å². The third-order valence-electron chi connectivity index (χ3n) is 5.00. The summed E-state index contributed by atoms with van der Waals surface area (Å²) in [6, 6.07) is 12.0. The van der Waals surface area contributed by atoms with E-state index in [4.69, 9.17) is 9.47 Å². The second kappa shape index (κ2) is 9.63. The lowest BCUT2D eigenvalue weighted by atomic mass is 9.93. The van der Waals surface area contributed by atoms with Gasteiger partial charge in [0.2, 0.25) is 0 Å². The lowest BCUT2D eigenvalue weighted by Crippen LogP contribution is -2.31. The Morgan fingerprint density at radius 1 is 0.964 bits per heavy atom. The summed E-state index contributed by atoms with van der Waals surface area (Å²) >= 11 is 0. The lowest BCUT2D eigenvalue weighted by molar-refractivity contribution is -0.123. The number of amides is 1. The molecule has 0 heterocycles. The first kappa shape index (κ1) is 21.8. The Morgan fingerprint density at radius 2 is 1.61 bits per heavy atom. The van der Waals surface area contributed by atoms with Gasteiger partial charge in [0.25, 0.3) is 5.91 Å². The monoisotopic (exact) mass is 383 g/mol. The predicted octanol–water partition coefficient (Wildman–Crippen LogP) is 5.51. The van der Waals surface area contributed by atoms with Crippen LogP contribution in [0.1, 0.15) is 74.8 Å². The van der Waals surface area contributed by atoms with Gasteiger partial charge in [-0.05, 0) is 72.2 Å². The van der Waals surface area contributed by atoms with Crippen LogP contribution in [0, 0.1) is 6.92 Å². The average molecular weight is 384 g/mol. The number of ether oxygens (including phenoxy) is 2. The number of carbonyl (C=O) groups is 1. The topological polar surface area (TPSA) is 47.6 Å². The first-order valence-electron chi connectivity index (χ1n) is 9.93. The zero-order valence-electron chi connectivity index (χ0n) is 18.1. The Hall–Kier alpha value is -2.49. The van der Waals surface area contributed by atoms with E-state index >= 15 is 0 Å². The van der Waals surface area contributed by atoms with Crippen molar-refractivity contribution in [1.29, 1.82) is 0 Å². The highest BCUT2D eigenvalue weighted by Crippen LogP contribution is 2.32. The van der Waals surface area contributed by atoms with Gasteiger partial charge in [0, 0.05) is 0 Å². The maximum Gasteiger partial charge on any atom is 0.258 e. The van der Waals surface area contributed by atoms with Gasteiger partial charge in [-0.3, -0.25) is 4.79 Å². The van der Waals surface area contributed by atoms with Gasteiger partial charge in [0.1, 0.15) is 11.5 Å². The van der Waals surface area contributed by atoms with E-state index in [1.807, 2.05) is 44.2 Å². The number of nitrogens with one attached hydrogen (secondary N) is 1. The Balaban J connectivity index is 2.01. The number of benzene rings is 2. The summed E-state index contributed by atoms with van der Waals surface area (Å²) < 4.78 is 11.1. The second-order valence-corrected chi connectivity index (χ2v) is 7.91. The first-order chi connectivity index (χ1) is 13.2. The fraction of sp³-hybridized carbons (Fsp3) is 0.458. The van der Waals surface area contributed by atoms with Gasteiger partial charge in [-0.2, -0.15) is 0 Å². The quantitative estimate of drug-likeness (QED) is 0.654. The number of hydrogen-bond donors (Lipinski definition) is 1. The van der Waals surface area contributed by atoms with Gasteiger partial charge < -0.3 is 14.8 Å². The molecule has 0 aliphatic rings. The third kappa shape index (κ3) is 5.51. The SMILES string of the molecule is COc1cc(C)c(C(C)NC(=O)COc2ccc(C(C)C)cc2)cc1C(C)C. The molecule has 0 radical (unpaired) electrons. The van der Waals surface area contributed by atoms with E-state index in [-0.39, 0.29) is 18.6 Å². The van der Waals surface area contributed by atoms with Crippen molar-refractivity contribution >= 4 is 5.91 Å². The Morgan fingerprint density at radius 3 is 2.14 bits per heavy atom. The Bertz CT molecular complexity index is 794. The van der Waals surface area contributed by atoms with Crippen LogP contribution in [0.2, 0.25) is 0 Å². The minimum atomic E-state index is -0.137. The van der Waals surface area contributed by atoms with E-state index in [9.17, 15) is 4.79 Å². The van der Waals surface area contributed by atoms with Gasteiger partial charge >= 0.3 is 0 Å². The lowest BCUT2D eigenvalue weighted by Gasteiger charge is -2.21. The van der Waals surface area contributed by atoms with E-state index in [0.29, 0.717) is 17.6 Å². The van der Waals surface area contributed by atoms with Gasteiger partial charge in [0.05, 0.1) is 13.2 Å². The van der Waals surface area contributed by atoms with Crippen molar-refractivity contribution in [3.63, 3.8) is 0 Å². The highest BCUT2D eigenvalue weighted by Gasteiger charge is 2.17. The van der Waals surface area contributed by atoms with Gasteiger partial charge in [-0.25, -0.2) is 0 Å². The van der Waals surface area contributed by atoms with E-state index in [1.54, 1.807) is 7.11 Å². The number of rotatable bonds is 8. The third-order valence-corrected chi connectivity index (χ3v) is 5.00. The van der Waals surface area contributed by atoms with Gasteiger partial charge in [-0.1, -0.05) is 39.8 Å². The molecule has 0 saturated heterocycles. The molecule has 0 saturated carbocycles. The van der Waals surface area contributed by atoms with Crippen LogP contribution >= 0.6 is 0 Å². The fourth-order valence-electron chi connectivity index (χ4n) is 3.27. The molecular formula is C24H33NO3. The molecule has 1 amide bonds. The smallest absolute Gasteiger partial charge is 0.258 e. The zero-order valence-corrected chi connectivity index (χ0v) is 18.1. The van der Waals surface area contributed by atoms with Crippen LogP contribution < -0.4 is 14.8 Å². The van der Waals surface area contributed by atoms with Crippen molar-refractivity contribution in [2.45, 2.75) is 59.4 Å². The normalized spacial score (nSPS) is 12.2. The van der Waals surface area contributed by atoms with Crippen molar-refractivity contribution in [1.82, 2.24) is 5.32 Å². The molecule has 28 heavy (non-hydrogen) atoms. The van der Waals surface area contributed by atoms with Crippen LogP contribution in [-0.2, 0) is 4.79 Å². The summed E-state index contributed by atoms with van der Waals surface area (Å²) in [4.78, 5) is 12.4. The molecule has 2 rings (SSSR count). The fourth-order valence-corrected chi connectivity index (χ4v) is 3.27. The molecule has 0 fully saturated rings. The molecule has 0 bridgehead atoms. The van der Waals surface area contributed by atoms with Gasteiger partial charge in [-0.15, -0.1) is 0 Å². The molecule has 4 nitrogen and oxygen atoms in total. The largest absolute Gasteiger partial charge is 0.496 e. The van der Waals surface area contributed by atoms with Crippen LogP contribution in [0.25, 0.3) is 0 Å².